The first-order chi connectivity index (χ1) is 14.0. The molecule has 0 aliphatic heterocycles. The van der Waals surface area contributed by atoms with E-state index in [9.17, 15) is 15.3 Å². The van der Waals surface area contributed by atoms with Crippen molar-refractivity contribution < 1.29 is 15.3 Å². The van der Waals surface area contributed by atoms with Gasteiger partial charge in [0.2, 0.25) is 0 Å². The van der Waals surface area contributed by atoms with Crippen molar-refractivity contribution in [2.24, 2.45) is 34.5 Å². The van der Waals surface area contributed by atoms with Gasteiger partial charge in [0.15, 0.2) is 0 Å². The molecule has 0 heterocycles. The Bertz CT molecular complexity index is 716. The van der Waals surface area contributed by atoms with Gasteiger partial charge in [0, 0.05) is 11.8 Å². The fraction of sp³-hybridized carbons (Fsp3) is 0.852. The highest BCUT2D eigenvalue weighted by molar-refractivity contribution is 5.40. The van der Waals surface area contributed by atoms with E-state index in [1.165, 1.54) is 31.3 Å². The van der Waals surface area contributed by atoms with Gasteiger partial charge in [-0.15, -0.1) is 0 Å². The third kappa shape index (κ3) is 3.63. The van der Waals surface area contributed by atoms with Crippen molar-refractivity contribution in [3.63, 3.8) is 0 Å². The lowest BCUT2D eigenvalue weighted by Crippen LogP contribution is -2.52. The third-order valence-electron chi connectivity index (χ3n) is 9.86. The average Bonchev–Trinajstić information content (AvgIpc) is 2.99. The summed E-state index contributed by atoms with van der Waals surface area (Å²) in [6, 6.07) is 0. The highest BCUT2D eigenvalue weighted by Gasteiger charge is 2.58. The number of aliphatic hydroxyl groups excluding tert-OH is 2. The first-order valence-electron chi connectivity index (χ1n) is 12.5. The minimum atomic E-state index is -0.555. The van der Waals surface area contributed by atoms with Crippen LogP contribution in [0.15, 0.2) is 23.3 Å². The third-order valence-corrected chi connectivity index (χ3v) is 9.86. The van der Waals surface area contributed by atoms with Crippen LogP contribution in [0.5, 0.6) is 0 Å². The van der Waals surface area contributed by atoms with Gasteiger partial charge in [-0.25, -0.2) is 0 Å². The Kier molecular flexibility index (Phi) is 5.82. The Balaban J connectivity index is 1.53. The van der Waals surface area contributed by atoms with E-state index in [1.54, 1.807) is 5.57 Å². The second-order valence-corrected chi connectivity index (χ2v) is 12.3. The lowest BCUT2D eigenvalue weighted by molar-refractivity contribution is -0.0545. The van der Waals surface area contributed by atoms with Crippen molar-refractivity contribution in [1.29, 1.82) is 0 Å². The van der Waals surface area contributed by atoms with E-state index in [0.717, 1.165) is 31.6 Å². The van der Waals surface area contributed by atoms with Gasteiger partial charge in [0.1, 0.15) is 0 Å². The van der Waals surface area contributed by atoms with E-state index in [-0.39, 0.29) is 5.41 Å². The molecule has 3 nitrogen and oxygen atoms in total. The molecule has 8 atom stereocenters. The Morgan fingerprint density at radius 1 is 1.10 bits per heavy atom. The number of rotatable bonds is 5. The van der Waals surface area contributed by atoms with E-state index < -0.39 is 17.8 Å². The zero-order valence-corrected chi connectivity index (χ0v) is 19.8. The van der Waals surface area contributed by atoms with Crippen molar-refractivity contribution in [3.05, 3.63) is 23.3 Å². The van der Waals surface area contributed by atoms with E-state index in [1.807, 2.05) is 13.8 Å². The molecule has 3 saturated carbocycles. The van der Waals surface area contributed by atoms with Crippen LogP contribution in [0, 0.1) is 34.5 Å². The minimum Gasteiger partial charge on any atom is -0.393 e. The quantitative estimate of drug-likeness (QED) is 0.563. The van der Waals surface area contributed by atoms with Gasteiger partial charge in [-0.2, -0.15) is 0 Å². The summed E-state index contributed by atoms with van der Waals surface area (Å²) in [4.78, 5) is 0. The summed E-state index contributed by atoms with van der Waals surface area (Å²) in [5.74, 6) is 2.51. The molecule has 4 aliphatic rings. The molecule has 0 radical (unpaired) electrons. The van der Waals surface area contributed by atoms with Gasteiger partial charge in [-0.1, -0.05) is 56.9 Å². The lowest BCUT2D eigenvalue weighted by atomic mass is 9.49. The maximum Gasteiger partial charge on any atom is 0.0661 e. The first kappa shape index (κ1) is 22.6. The summed E-state index contributed by atoms with van der Waals surface area (Å²) in [5, 5.41) is 31.3. The number of aliphatic hydroxyl groups is 3. The Morgan fingerprint density at radius 2 is 1.83 bits per heavy atom. The number of allylic oxidation sites excluding steroid dienone is 3. The second-order valence-electron chi connectivity index (χ2n) is 12.3. The Morgan fingerprint density at radius 3 is 2.53 bits per heavy atom. The van der Waals surface area contributed by atoms with Gasteiger partial charge in [-0.3, -0.25) is 0 Å². The maximum atomic E-state index is 11.0. The molecule has 0 bridgehead atoms. The molecule has 3 N–H and O–H groups in total. The summed E-state index contributed by atoms with van der Waals surface area (Å²) < 4.78 is 0. The van der Waals surface area contributed by atoms with Crippen molar-refractivity contribution in [2.45, 2.75) is 110 Å². The van der Waals surface area contributed by atoms with Crippen LogP contribution in [0.4, 0.5) is 0 Å². The van der Waals surface area contributed by atoms with Crippen molar-refractivity contribution >= 4 is 0 Å². The molecule has 0 saturated heterocycles. The van der Waals surface area contributed by atoms with Crippen LogP contribution in [-0.4, -0.2) is 33.1 Å². The van der Waals surface area contributed by atoms with Gasteiger partial charge < -0.3 is 15.3 Å². The molecular formula is C27H44O3. The molecule has 4 aliphatic carbocycles. The van der Waals surface area contributed by atoms with E-state index in [4.69, 9.17) is 0 Å². The standard InChI is InChI=1S/C27H44O3/c1-17(7-6-13-25(2,3)30)21-10-11-22-20-9-8-18-15-19(28)16-24(29)27(18,5)23(20)12-14-26(21,22)4/h8-9,17,19,21-24,28-30H,6-7,10-16H2,1-5H3/t17?,19-,21-,22?,23-,24?,26-,27?/m1/s1. The fourth-order valence-corrected chi connectivity index (χ4v) is 8.08. The Labute approximate surface area is 183 Å². The average molecular weight is 417 g/mol. The molecule has 0 aromatic carbocycles. The van der Waals surface area contributed by atoms with E-state index in [0.29, 0.717) is 29.6 Å². The number of hydrogen-bond acceptors (Lipinski definition) is 3. The predicted molar refractivity (Wildman–Crippen MR) is 122 cm³/mol. The molecule has 30 heavy (non-hydrogen) atoms. The number of fused-ring (bicyclic) bond motifs is 5. The van der Waals surface area contributed by atoms with Crippen LogP contribution in [0.25, 0.3) is 0 Å². The topological polar surface area (TPSA) is 60.7 Å². The van der Waals surface area contributed by atoms with Crippen LogP contribution in [0.2, 0.25) is 0 Å². The van der Waals surface area contributed by atoms with E-state index in [2.05, 4.69) is 32.9 Å². The molecule has 4 unspecified atom stereocenters. The van der Waals surface area contributed by atoms with Gasteiger partial charge in [0.25, 0.3) is 0 Å². The van der Waals surface area contributed by atoms with E-state index >= 15 is 0 Å². The molecule has 0 aromatic rings. The molecule has 0 aromatic heterocycles. The highest BCUT2D eigenvalue weighted by atomic mass is 16.3. The number of hydrogen-bond donors (Lipinski definition) is 3. The van der Waals surface area contributed by atoms with Gasteiger partial charge in [0.05, 0.1) is 17.8 Å². The van der Waals surface area contributed by atoms with Crippen LogP contribution >= 0.6 is 0 Å². The Hall–Kier alpha value is -0.640. The summed E-state index contributed by atoms with van der Waals surface area (Å²) in [5.41, 5.74) is 2.47. The predicted octanol–water partition coefficient (Wildman–Crippen LogP) is 5.39. The van der Waals surface area contributed by atoms with Crippen molar-refractivity contribution in [3.8, 4) is 0 Å². The lowest BCUT2D eigenvalue weighted by Gasteiger charge is -2.56. The van der Waals surface area contributed by atoms with Crippen LogP contribution in [0.1, 0.15) is 92.4 Å². The second kappa shape index (κ2) is 7.74. The monoisotopic (exact) mass is 416 g/mol. The zero-order valence-electron chi connectivity index (χ0n) is 19.8. The summed E-state index contributed by atoms with van der Waals surface area (Å²) in [7, 11) is 0. The molecule has 4 rings (SSSR count). The molecule has 0 spiro atoms. The smallest absolute Gasteiger partial charge is 0.0661 e. The summed E-state index contributed by atoms with van der Waals surface area (Å²) in [6.45, 7) is 11.1. The highest BCUT2D eigenvalue weighted by Crippen LogP contribution is 2.66. The minimum absolute atomic E-state index is 0.193. The van der Waals surface area contributed by atoms with Crippen LogP contribution in [0.3, 0.4) is 0 Å². The van der Waals surface area contributed by atoms with Crippen molar-refractivity contribution in [1.82, 2.24) is 0 Å². The fourth-order valence-electron chi connectivity index (χ4n) is 8.08. The first-order valence-corrected chi connectivity index (χ1v) is 12.5. The molecule has 0 amide bonds. The largest absolute Gasteiger partial charge is 0.393 e. The van der Waals surface area contributed by atoms with Crippen molar-refractivity contribution in [2.75, 3.05) is 0 Å². The molecular weight excluding hydrogens is 372 g/mol. The van der Waals surface area contributed by atoms with Crippen LogP contribution in [-0.2, 0) is 0 Å². The summed E-state index contributed by atoms with van der Waals surface area (Å²) in [6.07, 6.45) is 13.2. The van der Waals surface area contributed by atoms with Crippen LogP contribution < -0.4 is 0 Å². The molecule has 3 heteroatoms. The normalized spacial score (nSPS) is 44.5. The molecule has 170 valence electrons. The zero-order chi connectivity index (χ0) is 21.9. The maximum absolute atomic E-state index is 11.0. The van der Waals surface area contributed by atoms with Gasteiger partial charge >= 0.3 is 0 Å². The van der Waals surface area contributed by atoms with Gasteiger partial charge in [-0.05, 0) is 81.5 Å². The molecule has 3 fully saturated rings. The SMILES string of the molecule is CC(CCCC(C)(C)O)[C@H]1CCC2C3=CC=C4C[C@@H](O)CC(O)C4(C)[C@@H]3CC[C@@]21C. The summed E-state index contributed by atoms with van der Waals surface area (Å²) >= 11 is 0.